The molecule has 3 rings (SSSR count). The highest BCUT2D eigenvalue weighted by molar-refractivity contribution is 5.20. The Morgan fingerprint density at radius 3 is 2.06 bits per heavy atom. The number of hydrogen-bond acceptors (Lipinski definition) is 2. The van der Waals surface area contributed by atoms with Crippen LogP contribution in [0, 0.1) is 16.7 Å². The molecule has 17 heavy (non-hydrogen) atoms. The highest BCUT2D eigenvalue weighted by Gasteiger charge is 2.67. The lowest BCUT2D eigenvalue weighted by Crippen LogP contribution is -2.61. The SMILES string of the molecule is CC1(C2CC2)CN(C2C(C)(C)C2(C)C)CCN1. The number of nitrogens with one attached hydrogen (secondary N) is 1. The molecular weight excluding hydrogens is 208 g/mol. The molecule has 1 heterocycles. The molecule has 0 aromatic carbocycles. The second-order valence-electron chi connectivity index (χ2n) is 7.93. The summed E-state index contributed by atoms with van der Waals surface area (Å²) in [6.45, 7) is 15.9. The molecule has 2 nitrogen and oxygen atoms in total. The fourth-order valence-electron chi connectivity index (χ4n) is 4.33. The molecule has 0 radical (unpaired) electrons. The average molecular weight is 236 g/mol. The molecule has 1 unspecified atom stereocenters. The van der Waals surface area contributed by atoms with Gasteiger partial charge in [0.25, 0.3) is 0 Å². The molecule has 2 aliphatic carbocycles. The molecule has 1 saturated heterocycles. The van der Waals surface area contributed by atoms with Crippen molar-refractivity contribution in [3.05, 3.63) is 0 Å². The van der Waals surface area contributed by atoms with Gasteiger partial charge in [-0.1, -0.05) is 27.7 Å². The maximum absolute atomic E-state index is 3.78. The zero-order valence-corrected chi connectivity index (χ0v) is 12.1. The summed E-state index contributed by atoms with van der Waals surface area (Å²) in [4.78, 5) is 2.77. The van der Waals surface area contributed by atoms with Crippen LogP contribution >= 0.6 is 0 Å². The van der Waals surface area contributed by atoms with E-state index in [2.05, 4.69) is 44.8 Å². The third-order valence-corrected chi connectivity index (χ3v) is 6.25. The van der Waals surface area contributed by atoms with Crippen LogP contribution in [0.4, 0.5) is 0 Å². The highest BCUT2D eigenvalue weighted by Crippen LogP contribution is 2.65. The van der Waals surface area contributed by atoms with Crippen LogP contribution in [0.2, 0.25) is 0 Å². The van der Waals surface area contributed by atoms with E-state index in [1.165, 1.54) is 32.5 Å². The molecule has 2 saturated carbocycles. The van der Waals surface area contributed by atoms with E-state index in [0.717, 1.165) is 12.0 Å². The summed E-state index contributed by atoms with van der Waals surface area (Å²) < 4.78 is 0. The Balaban J connectivity index is 1.73. The van der Waals surface area contributed by atoms with E-state index in [-0.39, 0.29) is 0 Å². The molecule has 1 aliphatic heterocycles. The van der Waals surface area contributed by atoms with Crippen LogP contribution in [0.3, 0.4) is 0 Å². The van der Waals surface area contributed by atoms with Crippen molar-refractivity contribution in [1.82, 2.24) is 10.2 Å². The summed E-state index contributed by atoms with van der Waals surface area (Å²) in [5.41, 5.74) is 1.39. The van der Waals surface area contributed by atoms with Crippen LogP contribution in [-0.4, -0.2) is 36.1 Å². The first-order chi connectivity index (χ1) is 7.79. The summed E-state index contributed by atoms with van der Waals surface area (Å²) in [5.74, 6) is 0.940. The molecule has 3 aliphatic rings. The third-order valence-electron chi connectivity index (χ3n) is 6.25. The Morgan fingerprint density at radius 2 is 1.59 bits per heavy atom. The Kier molecular flexibility index (Phi) is 2.30. The zero-order chi connectivity index (χ0) is 12.5. The Labute approximate surface area is 106 Å². The van der Waals surface area contributed by atoms with Crippen molar-refractivity contribution in [2.45, 2.75) is 59.0 Å². The first-order valence-electron chi connectivity index (χ1n) is 7.28. The molecule has 0 amide bonds. The summed E-state index contributed by atoms with van der Waals surface area (Å²) >= 11 is 0. The monoisotopic (exact) mass is 236 g/mol. The van der Waals surface area contributed by atoms with Crippen LogP contribution in [0.5, 0.6) is 0 Å². The van der Waals surface area contributed by atoms with Gasteiger partial charge in [-0.2, -0.15) is 0 Å². The van der Waals surface area contributed by atoms with Crippen LogP contribution in [0.25, 0.3) is 0 Å². The van der Waals surface area contributed by atoms with Gasteiger partial charge in [0.2, 0.25) is 0 Å². The fourth-order valence-corrected chi connectivity index (χ4v) is 4.33. The molecule has 98 valence electrons. The van der Waals surface area contributed by atoms with Crippen molar-refractivity contribution in [2.24, 2.45) is 16.7 Å². The van der Waals surface area contributed by atoms with E-state index in [9.17, 15) is 0 Å². The van der Waals surface area contributed by atoms with Crippen LogP contribution in [0.15, 0.2) is 0 Å². The summed E-state index contributed by atoms with van der Waals surface area (Å²) in [5, 5.41) is 3.78. The van der Waals surface area contributed by atoms with Gasteiger partial charge in [-0.3, -0.25) is 4.90 Å². The topological polar surface area (TPSA) is 15.3 Å². The van der Waals surface area contributed by atoms with Crippen LogP contribution in [-0.2, 0) is 0 Å². The summed E-state index contributed by atoms with van der Waals surface area (Å²) in [6, 6.07) is 0.787. The molecular formula is C15H28N2. The van der Waals surface area contributed by atoms with Crippen molar-refractivity contribution >= 4 is 0 Å². The van der Waals surface area contributed by atoms with Crippen molar-refractivity contribution in [1.29, 1.82) is 0 Å². The van der Waals surface area contributed by atoms with Gasteiger partial charge in [0.1, 0.15) is 0 Å². The summed E-state index contributed by atoms with van der Waals surface area (Å²) in [6.07, 6.45) is 2.88. The molecule has 3 fully saturated rings. The minimum atomic E-state index is 0.396. The minimum absolute atomic E-state index is 0.396. The molecule has 0 aromatic rings. The maximum Gasteiger partial charge on any atom is 0.0309 e. The van der Waals surface area contributed by atoms with Gasteiger partial charge < -0.3 is 5.32 Å². The van der Waals surface area contributed by atoms with Gasteiger partial charge >= 0.3 is 0 Å². The first kappa shape index (κ1) is 12.0. The van der Waals surface area contributed by atoms with Crippen molar-refractivity contribution < 1.29 is 0 Å². The van der Waals surface area contributed by atoms with E-state index < -0.39 is 0 Å². The lowest BCUT2D eigenvalue weighted by atomic mass is 9.92. The number of hydrogen-bond donors (Lipinski definition) is 1. The molecule has 0 spiro atoms. The second-order valence-corrected chi connectivity index (χ2v) is 7.93. The van der Waals surface area contributed by atoms with E-state index in [1.807, 2.05) is 0 Å². The third kappa shape index (κ3) is 1.60. The van der Waals surface area contributed by atoms with Crippen molar-refractivity contribution in [2.75, 3.05) is 19.6 Å². The second kappa shape index (κ2) is 3.27. The number of piperazine rings is 1. The van der Waals surface area contributed by atoms with Crippen molar-refractivity contribution in [3.8, 4) is 0 Å². The molecule has 0 aromatic heterocycles. The predicted octanol–water partition coefficient (Wildman–Crippen LogP) is 2.49. The average Bonchev–Trinajstić information content (AvgIpc) is 3.04. The van der Waals surface area contributed by atoms with Gasteiger partial charge in [0.05, 0.1) is 0 Å². The number of nitrogens with zero attached hydrogens (tertiary/aromatic N) is 1. The highest BCUT2D eigenvalue weighted by atomic mass is 15.3. The molecule has 2 heteroatoms. The molecule has 0 bridgehead atoms. The van der Waals surface area contributed by atoms with Gasteiger partial charge in [-0.25, -0.2) is 0 Å². The lowest BCUT2D eigenvalue weighted by molar-refractivity contribution is 0.104. The van der Waals surface area contributed by atoms with Gasteiger partial charge in [0, 0.05) is 31.2 Å². The van der Waals surface area contributed by atoms with E-state index >= 15 is 0 Å². The predicted molar refractivity (Wildman–Crippen MR) is 72.1 cm³/mol. The van der Waals surface area contributed by atoms with E-state index in [1.54, 1.807) is 0 Å². The van der Waals surface area contributed by atoms with Crippen LogP contribution < -0.4 is 5.32 Å². The Hall–Kier alpha value is -0.0800. The standard InChI is InChI=1S/C15H28N2/c1-13(2)12(14(13,3)4)17-9-8-16-15(5,10-17)11-6-7-11/h11-12,16H,6-10H2,1-5H3. The van der Waals surface area contributed by atoms with Crippen molar-refractivity contribution in [3.63, 3.8) is 0 Å². The fraction of sp³-hybridized carbons (Fsp3) is 1.00. The van der Waals surface area contributed by atoms with Gasteiger partial charge in [-0.15, -0.1) is 0 Å². The summed E-state index contributed by atoms with van der Waals surface area (Å²) in [7, 11) is 0. The van der Waals surface area contributed by atoms with E-state index in [4.69, 9.17) is 0 Å². The zero-order valence-electron chi connectivity index (χ0n) is 12.1. The normalized spacial score (nSPS) is 41.5. The van der Waals surface area contributed by atoms with Crippen LogP contribution in [0.1, 0.15) is 47.5 Å². The Morgan fingerprint density at radius 1 is 1.00 bits per heavy atom. The largest absolute Gasteiger partial charge is 0.309 e. The smallest absolute Gasteiger partial charge is 0.0309 e. The molecule has 1 atom stereocenters. The lowest BCUT2D eigenvalue weighted by Gasteiger charge is -2.43. The maximum atomic E-state index is 3.78. The van der Waals surface area contributed by atoms with Gasteiger partial charge in [-0.05, 0) is 36.5 Å². The van der Waals surface area contributed by atoms with Gasteiger partial charge in [0.15, 0.2) is 0 Å². The number of rotatable bonds is 2. The minimum Gasteiger partial charge on any atom is -0.309 e. The van der Waals surface area contributed by atoms with E-state index in [0.29, 0.717) is 16.4 Å². The Bertz CT molecular complexity index is 316. The quantitative estimate of drug-likeness (QED) is 0.792. The molecule has 1 N–H and O–H groups in total. The first-order valence-corrected chi connectivity index (χ1v) is 7.28.